The van der Waals surface area contributed by atoms with Gasteiger partial charge >= 0.3 is 5.97 Å². The number of nitrogens with zero attached hydrogens (tertiary/aromatic N) is 1. The van der Waals surface area contributed by atoms with Crippen molar-refractivity contribution in [2.24, 2.45) is 5.92 Å². The molecule has 23 heavy (non-hydrogen) atoms. The summed E-state index contributed by atoms with van der Waals surface area (Å²) < 4.78 is 5.08. The number of aromatic nitrogens is 1. The molecule has 0 saturated heterocycles. The molecule has 0 aliphatic heterocycles. The third-order valence-corrected chi connectivity index (χ3v) is 3.24. The Bertz CT molecular complexity index is 699. The predicted octanol–water partition coefficient (Wildman–Crippen LogP) is 3.69. The van der Waals surface area contributed by atoms with Crippen molar-refractivity contribution < 1.29 is 14.3 Å². The van der Waals surface area contributed by atoms with Gasteiger partial charge < -0.3 is 10.1 Å². The minimum atomic E-state index is -0.287. The largest absolute Gasteiger partial charge is 0.459 e. The van der Waals surface area contributed by atoms with E-state index in [-0.39, 0.29) is 24.4 Å². The van der Waals surface area contributed by atoms with Gasteiger partial charge in [0.25, 0.3) is 5.91 Å². The standard InChI is InChI=1S/C17H17ClN2O3/c1-11(2)17(22)23-10-15-7-6-12(9-19-15)16(21)20-14-5-3-4-13(18)8-14/h3-9,11H,10H2,1-2H3,(H,20,21). The second kappa shape index (κ2) is 7.74. The highest BCUT2D eigenvalue weighted by Crippen LogP contribution is 2.16. The van der Waals surface area contributed by atoms with Crippen molar-refractivity contribution in [2.75, 3.05) is 5.32 Å². The molecule has 1 aromatic heterocycles. The fraction of sp³-hybridized carbons (Fsp3) is 0.235. The molecule has 1 heterocycles. The first-order chi connectivity index (χ1) is 11.0. The van der Waals surface area contributed by atoms with E-state index in [4.69, 9.17) is 16.3 Å². The van der Waals surface area contributed by atoms with Gasteiger partial charge in [-0.15, -0.1) is 0 Å². The van der Waals surface area contributed by atoms with Crippen LogP contribution in [-0.2, 0) is 16.1 Å². The smallest absolute Gasteiger partial charge is 0.308 e. The Kier molecular flexibility index (Phi) is 5.71. The average molecular weight is 333 g/mol. The van der Waals surface area contributed by atoms with E-state index < -0.39 is 0 Å². The van der Waals surface area contributed by atoms with Crippen molar-refractivity contribution in [3.05, 3.63) is 58.9 Å². The molecule has 6 heteroatoms. The van der Waals surface area contributed by atoms with Gasteiger partial charge in [0.05, 0.1) is 17.2 Å². The van der Waals surface area contributed by atoms with Crippen molar-refractivity contribution >= 4 is 29.2 Å². The van der Waals surface area contributed by atoms with Gasteiger partial charge in [0.15, 0.2) is 0 Å². The van der Waals surface area contributed by atoms with E-state index in [0.717, 1.165) is 0 Å². The van der Waals surface area contributed by atoms with Crippen LogP contribution in [0.15, 0.2) is 42.6 Å². The number of ether oxygens (including phenoxy) is 1. The molecule has 0 radical (unpaired) electrons. The van der Waals surface area contributed by atoms with Crippen LogP contribution in [0.25, 0.3) is 0 Å². The van der Waals surface area contributed by atoms with Crippen molar-refractivity contribution in [3.63, 3.8) is 0 Å². The van der Waals surface area contributed by atoms with Crippen LogP contribution in [0.5, 0.6) is 0 Å². The van der Waals surface area contributed by atoms with Crippen LogP contribution < -0.4 is 5.32 Å². The van der Waals surface area contributed by atoms with E-state index in [1.165, 1.54) is 6.20 Å². The van der Waals surface area contributed by atoms with Gasteiger partial charge in [0, 0.05) is 16.9 Å². The number of carbonyl (C=O) groups excluding carboxylic acids is 2. The van der Waals surface area contributed by atoms with Crippen LogP contribution >= 0.6 is 11.6 Å². The van der Waals surface area contributed by atoms with Crippen LogP contribution in [0.2, 0.25) is 5.02 Å². The van der Waals surface area contributed by atoms with Crippen LogP contribution in [0.4, 0.5) is 5.69 Å². The molecule has 0 saturated carbocycles. The summed E-state index contributed by atoms with van der Waals surface area (Å²) in [5.74, 6) is -0.752. The van der Waals surface area contributed by atoms with Gasteiger partial charge in [-0.25, -0.2) is 0 Å². The number of hydrogen-bond donors (Lipinski definition) is 1. The van der Waals surface area contributed by atoms with E-state index >= 15 is 0 Å². The maximum Gasteiger partial charge on any atom is 0.308 e. The number of benzene rings is 1. The first kappa shape index (κ1) is 17.0. The first-order valence-corrected chi connectivity index (χ1v) is 7.52. The maximum atomic E-state index is 12.1. The first-order valence-electron chi connectivity index (χ1n) is 7.14. The number of carbonyl (C=O) groups is 2. The Morgan fingerprint density at radius 3 is 2.65 bits per heavy atom. The van der Waals surface area contributed by atoms with Crippen LogP contribution in [0.1, 0.15) is 29.9 Å². The maximum absolute atomic E-state index is 12.1. The lowest BCUT2D eigenvalue weighted by Gasteiger charge is -2.08. The van der Waals surface area contributed by atoms with Gasteiger partial charge in [0.1, 0.15) is 6.61 Å². The van der Waals surface area contributed by atoms with Gasteiger partial charge in [0.2, 0.25) is 0 Å². The molecule has 0 fully saturated rings. The monoisotopic (exact) mass is 332 g/mol. The lowest BCUT2D eigenvalue weighted by atomic mass is 10.2. The minimum Gasteiger partial charge on any atom is -0.459 e. The summed E-state index contributed by atoms with van der Waals surface area (Å²) in [6, 6.07) is 10.2. The zero-order valence-electron chi connectivity index (χ0n) is 12.9. The fourth-order valence-corrected chi connectivity index (χ4v) is 1.92. The average Bonchev–Trinajstić information content (AvgIpc) is 2.53. The number of halogens is 1. The van der Waals surface area contributed by atoms with Crippen LogP contribution in [-0.4, -0.2) is 16.9 Å². The lowest BCUT2D eigenvalue weighted by molar-refractivity contribution is -0.148. The van der Waals surface area contributed by atoms with Crippen LogP contribution in [0, 0.1) is 5.92 Å². The molecule has 0 bridgehead atoms. The Hall–Kier alpha value is -2.40. The van der Waals surface area contributed by atoms with Gasteiger partial charge in [-0.1, -0.05) is 31.5 Å². The summed E-state index contributed by atoms with van der Waals surface area (Å²) in [5.41, 5.74) is 1.60. The van der Waals surface area contributed by atoms with Gasteiger partial charge in [-0.3, -0.25) is 14.6 Å². The van der Waals surface area contributed by atoms with E-state index in [1.807, 2.05) is 0 Å². The molecule has 0 aliphatic rings. The van der Waals surface area contributed by atoms with E-state index in [9.17, 15) is 9.59 Å². The Morgan fingerprint density at radius 1 is 1.26 bits per heavy atom. The van der Waals surface area contributed by atoms with Gasteiger partial charge in [-0.05, 0) is 30.3 Å². The lowest BCUT2D eigenvalue weighted by Crippen LogP contribution is -2.14. The molecule has 5 nitrogen and oxygen atoms in total. The summed E-state index contributed by atoms with van der Waals surface area (Å²) in [6.45, 7) is 3.62. The molecular formula is C17H17ClN2O3. The molecular weight excluding hydrogens is 316 g/mol. The summed E-state index contributed by atoms with van der Waals surface area (Å²) in [6.07, 6.45) is 1.44. The highest BCUT2D eigenvalue weighted by atomic mass is 35.5. The summed E-state index contributed by atoms with van der Waals surface area (Å²) in [4.78, 5) is 27.6. The molecule has 1 amide bonds. The van der Waals surface area contributed by atoms with Crippen molar-refractivity contribution in [2.45, 2.75) is 20.5 Å². The highest BCUT2D eigenvalue weighted by Gasteiger charge is 2.10. The number of esters is 1. The third kappa shape index (κ3) is 5.07. The van der Waals surface area contributed by atoms with E-state index in [0.29, 0.717) is 22.0 Å². The second-order valence-electron chi connectivity index (χ2n) is 5.27. The Labute approximate surface area is 139 Å². The molecule has 0 spiro atoms. The number of hydrogen-bond acceptors (Lipinski definition) is 4. The summed E-state index contributed by atoms with van der Waals surface area (Å²) in [7, 11) is 0. The molecule has 0 atom stereocenters. The number of anilines is 1. The van der Waals surface area contributed by atoms with E-state index in [2.05, 4.69) is 10.3 Å². The molecule has 2 aromatic rings. The number of amides is 1. The molecule has 1 aromatic carbocycles. The number of rotatable bonds is 5. The quantitative estimate of drug-likeness (QED) is 0.848. The summed E-state index contributed by atoms with van der Waals surface area (Å²) >= 11 is 5.87. The second-order valence-corrected chi connectivity index (χ2v) is 5.70. The van der Waals surface area contributed by atoms with Crippen molar-refractivity contribution in [1.29, 1.82) is 0 Å². The molecule has 1 N–H and O–H groups in total. The fourth-order valence-electron chi connectivity index (χ4n) is 1.73. The molecule has 2 rings (SSSR count). The minimum absolute atomic E-state index is 0.0905. The van der Waals surface area contributed by atoms with Gasteiger partial charge in [-0.2, -0.15) is 0 Å². The molecule has 120 valence electrons. The number of pyridine rings is 1. The summed E-state index contributed by atoms with van der Waals surface area (Å²) in [5, 5.41) is 3.28. The highest BCUT2D eigenvalue weighted by molar-refractivity contribution is 6.30. The topological polar surface area (TPSA) is 68.3 Å². The van der Waals surface area contributed by atoms with E-state index in [1.54, 1.807) is 50.2 Å². The normalized spacial score (nSPS) is 10.4. The third-order valence-electron chi connectivity index (χ3n) is 3.00. The zero-order valence-corrected chi connectivity index (χ0v) is 13.6. The molecule has 0 aliphatic carbocycles. The van der Waals surface area contributed by atoms with Crippen molar-refractivity contribution in [1.82, 2.24) is 4.98 Å². The number of nitrogens with one attached hydrogen (secondary N) is 1. The Balaban J connectivity index is 1.96. The molecule has 0 unspecified atom stereocenters. The van der Waals surface area contributed by atoms with Crippen LogP contribution in [0.3, 0.4) is 0 Å². The zero-order chi connectivity index (χ0) is 16.8. The van der Waals surface area contributed by atoms with Crippen molar-refractivity contribution in [3.8, 4) is 0 Å². The predicted molar refractivity (Wildman–Crippen MR) is 88.3 cm³/mol. The Morgan fingerprint density at radius 2 is 2.04 bits per heavy atom. The SMILES string of the molecule is CC(C)C(=O)OCc1ccc(C(=O)Nc2cccc(Cl)c2)cn1.